The molecule has 2 aromatic rings. The van der Waals surface area contributed by atoms with Gasteiger partial charge in [-0.1, -0.05) is 12.1 Å². The summed E-state index contributed by atoms with van der Waals surface area (Å²) in [5, 5.41) is 36.4. The van der Waals surface area contributed by atoms with Crippen LogP contribution in [0.2, 0.25) is 0 Å². The summed E-state index contributed by atoms with van der Waals surface area (Å²) in [6.45, 7) is 1.35. The van der Waals surface area contributed by atoms with Gasteiger partial charge in [0.15, 0.2) is 0 Å². The summed E-state index contributed by atoms with van der Waals surface area (Å²) in [5.41, 5.74) is 6.77. The molecule has 208 valence electrons. The number of hydrogen-bond donors (Lipinski definition) is 8. The molecule has 38 heavy (non-hydrogen) atoms. The number of aliphatic hydroxyl groups is 1. The van der Waals surface area contributed by atoms with Crippen LogP contribution < -0.4 is 21.7 Å². The fraction of sp³-hybridized carbons (Fsp3) is 0.458. The summed E-state index contributed by atoms with van der Waals surface area (Å²) in [6, 6.07) is 1.13. The summed E-state index contributed by atoms with van der Waals surface area (Å²) >= 11 is 1.44. The minimum Gasteiger partial charge on any atom is -0.508 e. The number of nitrogens with one attached hydrogen (secondary N) is 4. The lowest BCUT2D eigenvalue weighted by Crippen LogP contribution is -2.58. The van der Waals surface area contributed by atoms with Gasteiger partial charge < -0.3 is 42.0 Å². The number of aromatic hydroxyl groups is 1. The van der Waals surface area contributed by atoms with Crippen LogP contribution >= 0.6 is 11.8 Å². The van der Waals surface area contributed by atoms with Crippen LogP contribution in [0.25, 0.3) is 0 Å². The van der Waals surface area contributed by atoms with E-state index in [9.17, 15) is 34.5 Å². The molecule has 1 heterocycles. The molecule has 0 spiro atoms. The number of aliphatic carboxylic acids is 1. The van der Waals surface area contributed by atoms with Gasteiger partial charge in [0, 0.05) is 24.7 Å². The van der Waals surface area contributed by atoms with E-state index in [1.807, 2.05) is 6.26 Å². The summed E-state index contributed by atoms with van der Waals surface area (Å²) in [6.07, 6.45) is 3.64. The Morgan fingerprint density at radius 3 is 2.16 bits per heavy atom. The first-order valence-electron chi connectivity index (χ1n) is 11.8. The number of carboxylic acid groups (broad SMARTS) is 1. The zero-order valence-electron chi connectivity index (χ0n) is 21.1. The molecule has 0 aliphatic heterocycles. The Morgan fingerprint density at radius 2 is 1.61 bits per heavy atom. The van der Waals surface area contributed by atoms with Gasteiger partial charge in [-0.2, -0.15) is 11.8 Å². The van der Waals surface area contributed by atoms with Crippen molar-refractivity contribution in [3.05, 3.63) is 48.0 Å². The van der Waals surface area contributed by atoms with Crippen LogP contribution in [0.4, 0.5) is 0 Å². The maximum Gasteiger partial charge on any atom is 0.326 e. The Kier molecular flexibility index (Phi) is 12.0. The number of thioether (sulfide) groups is 1. The maximum atomic E-state index is 13.2. The van der Waals surface area contributed by atoms with E-state index < -0.39 is 54.0 Å². The van der Waals surface area contributed by atoms with Gasteiger partial charge in [0.25, 0.3) is 0 Å². The van der Waals surface area contributed by atoms with Gasteiger partial charge >= 0.3 is 5.97 Å². The van der Waals surface area contributed by atoms with E-state index in [0.29, 0.717) is 17.0 Å². The lowest BCUT2D eigenvalue weighted by Gasteiger charge is -2.25. The minimum absolute atomic E-state index is 0.0126. The molecular weight excluding hydrogens is 516 g/mol. The standard InChI is InChI=1S/C24H34N6O7S/c1-13(31)20(25)23(35)28-17(7-8-38-2)21(33)29-18(9-14-3-5-16(32)6-4-14)22(34)30-19(24(36)37)10-15-11-26-12-27-15/h3-6,11-13,17-20,31-32H,7-10,25H2,1-2H3,(H,26,27)(H,28,35)(H,29,33)(H,30,34)(H,36,37). The topological polar surface area (TPSA) is 220 Å². The molecule has 1 aromatic heterocycles. The number of imidazole rings is 1. The number of nitrogens with zero attached hydrogens (tertiary/aromatic N) is 1. The Bertz CT molecular complexity index is 1060. The van der Waals surface area contributed by atoms with Gasteiger partial charge in [0.2, 0.25) is 17.7 Å². The van der Waals surface area contributed by atoms with Crippen LogP contribution in [0.1, 0.15) is 24.6 Å². The number of amides is 3. The van der Waals surface area contributed by atoms with Gasteiger partial charge in [0.1, 0.15) is 29.9 Å². The smallest absolute Gasteiger partial charge is 0.326 e. The molecule has 9 N–H and O–H groups in total. The Labute approximate surface area is 224 Å². The molecule has 13 nitrogen and oxygen atoms in total. The van der Waals surface area contributed by atoms with Crippen molar-refractivity contribution in [1.82, 2.24) is 25.9 Å². The summed E-state index contributed by atoms with van der Waals surface area (Å²) < 4.78 is 0. The number of phenolic OH excluding ortho intramolecular Hbond substituents is 1. The van der Waals surface area contributed by atoms with Crippen molar-refractivity contribution in [3.63, 3.8) is 0 Å². The second-order valence-corrected chi connectivity index (χ2v) is 9.71. The highest BCUT2D eigenvalue weighted by Gasteiger charge is 2.31. The van der Waals surface area contributed by atoms with E-state index in [1.165, 1.54) is 43.3 Å². The number of H-pyrrole nitrogens is 1. The summed E-state index contributed by atoms with van der Waals surface area (Å²) in [5.74, 6) is -2.93. The van der Waals surface area contributed by atoms with Gasteiger partial charge in [0.05, 0.1) is 12.4 Å². The quantitative estimate of drug-likeness (QED) is 0.134. The predicted octanol–water partition coefficient (Wildman–Crippen LogP) is -1.10. The third kappa shape index (κ3) is 9.68. The molecule has 5 atom stereocenters. The lowest BCUT2D eigenvalue weighted by molar-refractivity contribution is -0.142. The van der Waals surface area contributed by atoms with Crippen LogP contribution in [0.5, 0.6) is 5.75 Å². The Hall–Kier alpha value is -3.62. The highest BCUT2D eigenvalue weighted by molar-refractivity contribution is 7.98. The number of carboxylic acids is 1. The number of carbonyl (C=O) groups is 4. The van der Waals surface area contributed by atoms with E-state index in [-0.39, 0.29) is 25.0 Å². The zero-order chi connectivity index (χ0) is 28.2. The number of aliphatic hydroxyl groups excluding tert-OH is 1. The molecule has 0 aliphatic rings. The second-order valence-electron chi connectivity index (χ2n) is 8.72. The fourth-order valence-corrected chi connectivity index (χ4v) is 3.90. The molecule has 0 bridgehead atoms. The molecule has 0 fully saturated rings. The van der Waals surface area contributed by atoms with E-state index in [2.05, 4.69) is 25.9 Å². The monoisotopic (exact) mass is 550 g/mol. The first-order valence-corrected chi connectivity index (χ1v) is 13.2. The molecular formula is C24H34N6O7S. The predicted molar refractivity (Wildman–Crippen MR) is 140 cm³/mol. The van der Waals surface area contributed by atoms with Crippen molar-refractivity contribution in [2.24, 2.45) is 5.73 Å². The average molecular weight is 551 g/mol. The van der Waals surface area contributed by atoms with Gasteiger partial charge in [-0.05, 0) is 43.0 Å². The van der Waals surface area contributed by atoms with Gasteiger partial charge in [-0.15, -0.1) is 0 Å². The first-order chi connectivity index (χ1) is 18.0. The van der Waals surface area contributed by atoms with E-state index in [0.717, 1.165) is 0 Å². The zero-order valence-corrected chi connectivity index (χ0v) is 21.9. The number of nitrogens with two attached hydrogens (primary N) is 1. The van der Waals surface area contributed by atoms with E-state index >= 15 is 0 Å². The summed E-state index contributed by atoms with van der Waals surface area (Å²) in [7, 11) is 0. The second kappa shape index (κ2) is 15.0. The lowest BCUT2D eigenvalue weighted by atomic mass is 10.0. The number of aromatic amines is 1. The van der Waals surface area contributed by atoms with Crippen LogP contribution in [-0.4, -0.2) is 91.3 Å². The van der Waals surface area contributed by atoms with Crippen molar-refractivity contribution in [2.45, 2.75) is 56.5 Å². The van der Waals surface area contributed by atoms with Crippen molar-refractivity contribution in [3.8, 4) is 5.75 Å². The molecule has 3 amide bonds. The number of rotatable bonds is 15. The van der Waals surface area contributed by atoms with Crippen LogP contribution in [0.3, 0.4) is 0 Å². The highest BCUT2D eigenvalue weighted by Crippen LogP contribution is 2.12. The number of hydrogen-bond acceptors (Lipinski definition) is 9. The fourth-order valence-electron chi connectivity index (χ4n) is 3.43. The molecule has 1 aromatic carbocycles. The number of phenols is 1. The normalized spacial score (nSPS) is 14.9. The average Bonchev–Trinajstić information content (AvgIpc) is 3.39. The van der Waals surface area contributed by atoms with E-state index in [1.54, 1.807) is 12.1 Å². The molecule has 0 saturated carbocycles. The minimum atomic E-state index is -1.31. The van der Waals surface area contributed by atoms with Crippen molar-refractivity contribution in [1.29, 1.82) is 0 Å². The van der Waals surface area contributed by atoms with E-state index in [4.69, 9.17) is 5.73 Å². The third-order valence-electron chi connectivity index (χ3n) is 5.67. The molecule has 5 unspecified atom stereocenters. The van der Waals surface area contributed by atoms with Crippen LogP contribution in [0.15, 0.2) is 36.8 Å². The van der Waals surface area contributed by atoms with Crippen LogP contribution in [-0.2, 0) is 32.0 Å². The molecule has 0 saturated heterocycles. The maximum absolute atomic E-state index is 13.2. The van der Waals surface area contributed by atoms with Crippen molar-refractivity contribution < 1.29 is 34.5 Å². The Balaban J connectivity index is 2.25. The molecule has 14 heteroatoms. The summed E-state index contributed by atoms with van der Waals surface area (Å²) in [4.78, 5) is 57.3. The van der Waals surface area contributed by atoms with Crippen LogP contribution in [0, 0.1) is 0 Å². The number of benzene rings is 1. The highest BCUT2D eigenvalue weighted by atomic mass is 32.2. The van der Waals surface area contributed by atoms with Gasteiger partial charge in [-0.25, -0.2) is 9.78 Å². The molecule has 0 aliphatic carbocycles. The third-order valence-corrected chi connectivity index (χ3v) is 6.31. The molecule has 2 rings (SSSR count). The molecule has 0 radical (unpaired) electrons. The van der Waals surface area contributed by atoms with Crippen molar-refractivity contribution >= 4 is 35.5 Å². The number of carbonyl (C=O) groups excluding carboxylic acids is 3. The number of aromatic nitrogens is 2. The van der Waals surface area contributed by atoms with Gasteiger partial charge in [-0.3, -0.25) is 14.4 Å². The first kappa shape index (κ1) is 30.6. The largest absolute Gasteiger partial charge is 0.508 e. The Morgan fingerprint density at radius 1 is 1.00 bits per heavy atom. The van der Waals surface area contributed by atoms with Crippen molar-refractivity contribution in [2.75, 3.05) is 12.0 Å². The SMILES string of the molecule is CSCCC(NC(=O)C(N)C(C)O)C(=O)NC(Cc1ccc(O)cc1)C(=O)NC(Cc1cnc[nH]1)C(=O)O.